The van der Waals surface area contributed by atoms with Crippen molar-refractivity contribution in [3.8, 4) is 0 Å². The maximum atomic E-state index is 12.7. The van der Waals surface area contributed by atoms with Crippen LogP contribution < -0.4 is 5.32 Å². The van der Waals surface area contributed by atoms with E-state index in [-0.39, 0.29) is 11.4 Å². The van der Waals surface area contributed by atoms with E-state index in [1.165, 1.54) is 15.6 Å². The van der Waals surface area contributed by atoms with Gasteiger partial charge in [-0.05, 0) is 61.8 Å². The highest BCUT2D eigenvalue weighted by Crippen LogP contribution is 2.28. The van der Waals surface area contributed by atoms with Gasteiger partial charge in [0.1, 0.15) is 4.21 Å². The first-order valence-corrected chi connectivity index (χ1v) is 10.9. The highest BCUT2D eigenvalue weighted by atomic mass is 79.9. The Hall–Kier alpha value is -0.480. The summed E-state index contributed by atoms with van der Waals surface area (Å²) in [5.41, 5.74) is -0.259. The van der Waals surface area contributed by atoms with Crippen molar-refractivity contribution in [1.29, 1.82) is 0 Å². The van der Waals surface area contributed by atoms with E-state index in [0.717, 1.165) is 10.3 Å². The minimum atomic E-state index is -3.45. The number of halogens is 1. The predicted octanol–water partition coefficient (Wildman–Crippen LogP) is 2.12. The van der Waals surface area contributed by atoms with Gasteiger partial charge in [0.2, 0.25) is 5.91 Å². The third-order valence-electron chi connectivity index (χ3n) is 3.57. The van der Waals surface area contributed by atoms with E-state index in [1.54, 1.807) is 12.1 Å². The zero-order valence-electron chi connectivity index (χ0n) is 14.2. The van der Waals surface area contributed by atoms with Crippen LogP contribution in [0.5, 0.6) is 0 Å². The second-order valence-electron chi connectivity index (χ2n) is 6.89. The lowest BCUT2D eigenvalue weighted by atomic mass is 10.1. The number of sulfonamides is 1. The number of nitrogens with one attached hydrogen (secondary N) is 1. The fraction of sp³-hybridized carbons (Fsp3) is 0.667. The molecule has 2 rings (SSSR count). The van der Waals surface area contributed by atoms with Crippen LogP contribution in [0.1, 0.15) is 27.2 Å². The molecule has 0 radical (unpaired) electrons. The summed E-state index contributed by atoms with van der Waals surface area (Å²) in [5, 5.41) is 2.94. The fourth-order valence-corrected chi connectivity index (χ4v) is 6.20. The number of hydrogen-bond acceptors (Lipinski definition) is 5. The molecular formula is C15H24BrN3O3S2. The number of carbonyl (C=O) groups excluding carboxylic acids is 1. The maximum Gasteiger partial charge on any atom is 0.252 e. The van der Waals surface area contributed by atoms with E-state index in [2.05, 4.69) is 21.2 Å². The van der Waals surface area contributed by atoms with Gasteiger partial charge >= 0.3 is 0 Å². The summed E-state index contributed by atoms with van der Waals surface area (Å²) in [6.45, 7) is 8.30. The number of hydrogen-bond donors (Lipinski definition) is 1. The quantitative estimate of drug-likeness (QED) is 0.782. The van der Waals surface area contributed by atoms with Crippen molar-refractivity contribution in [3.63, 3.8) is 0 Å². The van der Waals surface area contributed by atoms with Crippen molar-refractivity contribution in [2.75, 3.05) is 32.7 Å². The van der Waals surface area contributed by atoms with Crippen molar-refractivity contribution in [3.05, 3.63) is 15.9 Å². The third kappa shape index (κ3) is 5.52. The summed E-state index contributed by atoms with van der Waals surface area (Å²) >= 11 is 4.53. The second kappa shape index (κ2) is 7.82. The smallest absolute Gasteiger partial charge is 0.252 e. The molecule has 0 bridgehead atoms. The predicted molar refractivity (Wildman–Crippen MR) is 99.7 cm³/mol. The highest BCUT2D eigenvalue weighted by molar-refractivity contribution is 9.11. The lowest BCUT2D eigenvalue weighted by Gasteiger charge is -2.24. The number of thiophene rings is 1. The average molecular weight is 438 g/mol. The highest BCUT2D eigenvalue weighted by Gasteiger charge is 2.28. The average Bonchev–Trinajstić information content (AvgIpc) is 2.73. The standard InChI is InChI=1S/C15H24BrN3O3S2/c1-15(2,3)17-13(20)11-18-7-4-8-19(10-9-18)24(21,22)14-6-5-12(16)23-14/h5-6H,4,7-11H2,1-3H3,(H,17,20). The summed E-state index contributed by atoms with van der Waals surface area (Å²) in [6.07, 6.45) is 0.717. The van der Waals surface area contributed by atoms with Crippen LogP contribution in [0, 0.1) is 0 Å². The Morgan fingerprint density at radius 1 is 1.25 bits per heavy atom. The summed E-state index contributed by atoms with van der Waals surface area (Å²) in [5.74, 6) is -0.0269. The maximum absolute atomic E-state index is 12.7. The van der Waals surface area contributed by atoms with Crippen molar-refractivity contribution in [2.24, 2.45) is 0 Å². The molecular weight excluding hydrogens is 414 g/mol. The Labute approximate surface area is 156 Å². The summed E-state index contributed by atoms with van der Waals surface area (Å²) < 4.78 is 28.1. The summed E-state index contributed by atoms with van der Waals surface area (Å²) in [4.78, 5) is 14.1. The molecule has 1 aromatic heterocycles. The summed E-state index contributed by atoms with van der Waals surface area (Å²) in [7, 11) is -3.45. The van der Waals surface area contributed by atoms with Crippen LogP contribution in [0.25, 0.3) is 0 Å². The molecule has 0 aromatic carbocycles. The lowest BCUT2D eigenvalue weighted by Crippen LogP contribution is -2.46. The van der Waals surface area contributed by atoms with E-state index in [0.29, 0.717) is 36.8 Å². The molecule has 1 aliphatic rings. The minimum absolute atomic E-state index is 0.0269. The Morgan fingerprint density at radius 3 is 2.54 bits per heavy atom. The molecule has 0 unspecified atom stereocenters. The molecule has 24 heavy (non-hydrogen) atoms. The monoisotopic (exact) mass is 437 g/mol. The van der Waals surface area contributed by atoms with Crippen LogP contribution in [-0.2, 0) is 14.8 Å². The van der Waals surface area contributed by atoms with Gasteiger partial charge in [0.25, 0.3) is 10.0 Å². The molecule has 6 nitrogen and oxygen atoms in total. The van der Waals surface area contributed by atoms with E-state index >= 15 is 0 Å². The molecule has 0 spiro atoms. The van der Waals surface area contributed by atoms with Gasteiger partial charge in [-0.1, -0.05) is 0 Å². The first kappa shape index (κ1) is 19.8. The van der Waals surface area contributed by atoms with Crippen LogP contribution >= 0.6 is 27.3 Å². The molecule has 1 aliphatic heterocycles. The van der Waals surface area contributed by atoms with Gasteiger partial charge in [-0.25, -0.2) is 8.42 Å². The van der Waals surface area contributed by atoms with Gasteiger partial charge in [-0.3, -0.25) is 9.69 Å². The van der Waals surface area contributed by atoms with E-state index in [9.17, 15) is 13.2 Å². The van der Waals surface area contributed by atoms with Crippen LogP contribution in [0.15, 0.2) is 20.1 Å². The van der Waals surface area contributed by atoms with E-state index in [1.807, 2.05) is 25.7 Å². The van der Waals surface area contributed by atoms with Crippen molar-refractivity contribution in [1.82, 2.24) is 14.5 Å². The Morgan fingerprint density at radius 2 is 1.96 bits per heavy atom. The molecule has 136 valence electrons. The zero-order valence-corrected chi connectivity index (χ0v) is 17.4. The second-order valence-corrected chi connectivity index (χ2v) is 11.5. The van der Waals surface area contributed by atoms with Crippen LogP contribution in [0.4, 0.5) is 0 Å². The van der Waals surface area contributed by atoms with E-state index in [4.69, 9.17) is 0 Å². The number of amides is 1. The van der Waals surface area contributed by atoms with Crippen LogP contribution in [0.3, 0.4) is 0 Å². The van der Waals surface area contributed by atoms with Gasteiger partial charge in [0, 0.05) is 25.2 Å². The molecule has 2 heterocycles. The van der Waals surface area contributed by atoms with Crippen LogP contribution in [-0.4, -0.2) is 61.8 Å². The largest absolute Gasteiger partial charge is 0.350 e. The summed E-state index contributed by atoms with van der Waals surface area (Å²) in [6, 6.07) is 3.38. The van der Waals surface area contributed by atoms with Gasteiger partial charge in [0.05, 0.1) is 10.3 Å². The normalized spacial score (nSPS) is 18.3. The molecule has 1 saturated heterocycles. The van der Waals surface area contributed by atoms with Gasteiger partial charge in [-0.15, -0.1) is 11.3 Å². The lowest BCUT2D eigenvalue weighted by molar-refractivity contribution is -0.123. The molecule has 1 fully saturated rings. The Bertz CT molecular complexity index is 682. The van der Waals surface area contributed by atoms with Crippen LogP contribution in [0.2, 0.25) is 0 Å². The molecule has 9 heteroatoms. The number of carbonyl (C=O) groups is 1. The first-order chi connectivity index (χ1) is 11.1. The molecule has 0 saturated carbocycles. The molecule has 0 aliphatic carbocycles. The number of rotatable bonds is 4. The number of nitrogens with zero attached hydrogens (tertiary/aromatic N) is 2. The van der Waals surface area contributed by atoms with Gasteiger partial charge in [-0.2, -0.15) is 4.31 Å². The van der Waals surface area contributed by atoms with Gasteiger partial charge in [0.15, 0.2) is 0 Å². The SMILES string of the molecule is CC(C)(C)NC(=O)CN1CCCN(S(=O)(=O)c2ccc(Br)s2)CC1. The molecule has 1 amide bonds. The Balaban J connectivity index is 1.96. The topological polar surface area (TPSA) is 69.7 Å². The minimum Gasteiger partial charge on any atom is -0.350 e. The van der Waals surface area contributed by atoms with E-state index < -0.39 is 10.0 Å². The van der Waals surface area contributed by atoms with Crippen molar-refractivity contribution in [2.45, 2.75) is 36.9 Å². The van der Waals surface area contributed by atoms with Crippen molar-refractivity contribution < 1.29 is 13.2 Å². The zero-order chi connectivity index (χ0) is 18.0. The van der Waals surface area contributed by atoms with Crippen molar-refractivity contribution >= 4 is 43.2 Å². The third-order valence-corrected chi connectivity index (χ3v) is 7.56. The van der Waals surface area contributed by atoms with Gasteiger partial charge < -0.3 is 5.32 Å². The molecule has 1 N–H and O–H groups in total. The molecule has 0 atom stereocenters. The molecule has 1 aromatic rings. The Kier molecular flexibility index (Phi) is 6.46. The fourth-order valence-electron chi connectivity index (χ4n) is 2.57. The first-order valence-electron chi connectivity index (χ1n) is 7.87.